The van der Waals surface area contributed by atoms with Gasteiger partial charge in [-0.2, -0.15) is 0 Å². The monoisotopic (exact) mass is 351 g/mol. The van der Waals surface area contributed by atoms with E-state index in [-0.39, 0.29) is 24.7 Å². The van der Waals surface area contributed by atoms with E-state index in [4.69, 9.17) is 4.74 Å². The van der Waals surface area contributed by atoms with E-state index < -0.39 is 18.0 Å². The Kier molecular flexibility index (Phi) is 5.16. The lowest BCUT2D eigenvalue weighted by molar-refractivity contribution is -0.151. The highest BCUT2D eigenvalue weighted by atomic mass is 16.5. The van der Waals surface area contributed by atoms with Crippen LogP contribution in [0.1, 0.15) is 29.3 Å². The molecule has 1 aliphatic rings. The number of ether oxygens (including phenoxy) is 1. The number of esters is 1. The van der Waals surface area contributed by atoms with Gasteiger partial charge in [0.15, 0.2) is 6.10 Å². The Balaban J connectivity index is 1.63. The molecule has 0 aromatic heterocycles. The van der Waals surface area contributed by atoms with Gasteiger partial charge in [-0.25, -0.2) is 0 Å². The van der Waals surface area contributed by atoms with Gasteiger partial charge in [0.2, 0.25) is 11.7 Å². The highest BCUT2D eigenvalue weighted by Gasteiger charge is 2.37. The summed E-state index contributed by atoms with van der Waals surface area (Å²) in [7, 11) is 0. The van der Waals surface area contributed by atoms with E-state index >= 15 is 0 Å². The van der Waals surface area contributed by atoms with E-state index in [1.165, 1.54) is 0 Å². The van der Waals surface area contributed by atoms with Crippen LogP contribution in [0.4, 0.5) is 5.69 Å². The van der Waals surface area contributed by atoms with Crippen LogP contribution in [-0.2, 0) is 14.3 Å². The lowest BCUT2D eigenvalue weighted by atomic mass is 10.1. The van der Waals surface area contributed by atoms with Crippen molar-refractivity contribution in [1.82, 2.24) is 0 Å². The fraction of sp³-hybridized carbons (Fsp3) is 0.286. The largest absolute Gasteiger partial charge is 0.454 e. The van der Waals surface area contributed by atoms with Crippen LogP contribution >= 0.6 is 0 Å². The van der Waals surface area contributed by atoms with Crippen LogP contribution in [0.5, 0.6) is 0 Å². The normalized spacial score (nSPS) is 17.8. The average Bonchev–Trinajstić information content (AvgIpc) is 3.04. The third kappa shape index (κ3) is 3.82. The Morgan fingerprint density at radius 3 is 2.38 bits per heavy atom. The van der Waals surface area contributed by atoms with Gasteiger partial charge in [0.1, 0.15) is 0 Å². The van der Waals surface area contributed by atoms with Crippen molar-refractivity contribution in [1.29, 1.82) is 0 Å². The minimum absolute atomic E-state index is 0.0962. The van der Waals surface area contributed by atoms with E-state index in [0.29, 0.717) is 5.56 Å². The molecule has 5 nitrogen and oxygen atoms in total. The number of amides is 1. The minimum atomic E-state index is -0.881. The second-order valence-electron chi connectivity index (χ2n) is 6.55. The summed E-state index contributed by atoms with van der Waals surface area (Å²) in [5.74, 6) is -1.43. The molecule has 0 bridgehead atoms. The fourth-order valence-corrected chi connectivity index (χ4v) is 3.00. The third-order valence-corrected chi connectivity index (χ3v) is 4.52. The zero-order valence-electron chi connectivity index (χ0n) is 14.8. The van der Waals surface area contributed by atoms with Gasteiger partial charge in [0.25, 0.3) is 0 Å². The number of Topliss-reactive ketones (excluding diaryl/α,β-unsaturated/α-hetero) is 1. The molecule has 1 aliphatic heterocycles. The van der Waals surface area contributed by atoms with Crippen LogP contribution in [0.15, 0.2) is 54.6 Å². The number of rotatable bonds is 5. The Hall–Kier alpha value is -2.95. The van der Waals surface area contributed by atoms with Crippen molar-refractivity contribution >= 4 is 23.3 Å². The Labute approximate surface area is 152 Å². The summed E-state index contributed by atoms with van der Waals surface area (Å²) >= 11 is 0. The molecule has 0 radical (unpaired) electrons. The van der Waals surface area contributed by atoms with E-state index in [1.54, 1.807) is 36.1 Å². The number of anilines is 1. The summed E-state index contributed by atoms with van der Waals surface area (Å²) in [5.41, 5.74) is 2.37. The van der Waals surface area contributed by atoms with Gasteiger partial charge < -0.3 is 9.64 Å². The van der Waals surface area contributed by atoms with E-state index in [1.807, 2.05) is 37.3 Å². The van der Waals surface area contributed by atoms with E-state index in [9.17, 15) is 14.4 Å². The number of aryl methyl sites for hydroxylation is 1. The van der Waals surface area contributed by atoms with Gasteiger partial charge in [0, 0.05) is 24.2 Å². The van der Waals surface area contributed by atoms with Crippen LogP contribution in [0.3, 0.4) is 0 Å². The summed E-state index contributed by atoms with van der Waals surface area (Å²) in [6, 6.07) is 16.3. The molecule has 2 aromatic rings. The molecular formula is C21H21NO4. The number of ketones is 1. The Bertz CT molecular complexity index is 814. The standard InChI is InChI=1S/C21H21NO4/c1-14-8-10-18(11-9-14)22-13-17(12-19(22)23)21(25)26-15(2)20(24)16-6-4-3-5-7-16/h3-11,15,17H,12-13H2,1-2H3/t15-,17+/m0/s1. The molecule has 1 heterocycles. The van der Waals surface area contributed by atoms with Crippen molar-refractivity contribution < 1.29 is 19.1 Å². The molecule has 0 N–H and O–H groups in total. The Morgan fingerprint density at radius 1 is 1.08 bits per heavy atom. The van der Waals surface area contributed by atoms with Crippen LogP contribution in [0, 0.1) is 12.8 Å². The quantitative estimate of drug-likeness (QED) is 0.613. The van der Waals surface area contributed by atoms with Crippen molar-refractivity contribution in [2.24, 2.45) is 5.92 Å². The van der Waals surface area contributed by atoms with Gasteiger partial charge in [-0.1, -0.05) is 48.0 Å². The second kappa shape index (κ2) is 7.52. The topological polar surface area (TPSA) is 63.7 Å². The molecule has 134 valence electrons. The molecule has 0 spiro atoms. The minimum Gasteiger partial charge on any atom is -0.454 e. The van der Waals surface area contributed by atoms with E-state index in [2.05, 4.69) is 0 Å². The van der Waals surface area contributed by atoms with Gasteiger partial charge >= 0.3 is 5.97 Å². The van der Waals surface area contributed by atoms with Crippen molar-refractivity contribution in [3.8, 4) is 0 Å². The van der Waals surface area contributed by atoms with Crippen molar-refractivity contribution in [2.75, 3.05) is 11.4 Å². The molecule has 0 saturated carbocycles. The number of hydrogen-bond acceptors (Lipinski definition) is 4. The van der Waals surface area contributed by atoms with E-state index in [0.717, 1.165) is 11.3 Å². The maximum atomic E-state index is 12.4. The molecule has 1 saturated heterocycles. The molecule has 0 aliphatic carbocycles. The predicted octanol–water partition coefficient (Wildman–Crippen LogP) is 3.16. The molecular weight excluding hydrogens is 330 g/mol. The lowest BCUT2D eigenvalue weighted by Crippen LogP contribution is -2.30. The van der Waals surface area contributed by atoms with Crippen LogP contribution in [-0.4, -0.2) is 30.3 Å². The smallest absolute Gasteiger partial charge is 0.312 e. The first-order chi connectivity index (χ1) is 12.5. The highest BCUT2D eigenvalue weighted by molar-refractivity contribution is 6.02. The summed E-state index contributed by atoms with van der Waals surface area (Å²) in [6.07, 6.45) is -0.785. The summed E-state index contributed by atoms with van der Waals surface area (Å²) in [6.45, 7) is 3.80. The van der Waals surface area contributed by atoms with Crippen molar-refractivity contribution in [2.45, 2.75) is 26.4 Å². The van der Waals surface area contributed by atoms with Crippen LogP contribution in [0.25, 0.3) is 0 Å². The van der Waals surface area contributed by atoms with Crippen molar-refractivity contribution in [3.05, 3.63) is 65.7 Å². The van der Waals surface area contributed by atoms with Crippen LogP contribution < -0.4 is 4.90 Å². The highest BCUT2D eigenvalue weighted by Crippen LogP contribution is 2.26. The molecule has 5 heteroatoms. The molecule has 3 rings (SSSR count). The predicted molar refractivity (Wildman–Crippen MR) is 98.0 cm³/mol. The molecule has 26 heavy (non-hydrogen) atoms. The average molecular weight is 351 g/mol. The summed E-state index contributed by atoms with van der Waals surface area (Å²) < 4.78 is 5.33. The lowest BCUT2D eigenvalue weighted by Gasteiger charge is -2.18. The van der Waals surface area contributed by atoms with Crippen molar-refractivity contribution in [3.63, 3.8) is 0 Å². The van der Waals surface area contributed by atoms with Gasteiger partial charge in [-0.3, -0.25) is 14.4 Å². The SMILES string of the molecule is Cc1ccc(N2C[C@H](C(=O)O[C@@H](C)C(=O)c3ccccc3)CC2=O)cc1. The maximum absolute atomic E-state index is 12.4. The van der Waals surface area contributed by atoms with Gasteiger partial charge in [0.05, 0.1) is 5.92 Å². The molecule has 1 amide bonds. The molecule has 1 fully saturated rings. The number of hydrogen-bond donors (Lipinski definition) is 0. The van der Waals surface area contributed by atoms with Gasteiger partial charge in [-0.15, -0.1) is 0 Å². The number of carbonyl (C=O) groups excluding carboxylic acids is 3. The third-order valence-electron chi connectivity index (χ3n) is 4.52. The van der Waals surface area contributed by atoms with Gasteiger partial charge in [-0.05, 0) is 26.0 Å². The fourth-order valence-electron chi connectivity index (χ4n) is 3.00. The first-order valence-corrected chi connectivity index (χ1v) is 8.62. The number of nitrogens with zero attached hydrogens (tertiary/aromatic N) is 1. The number of carbonyl (C=O) groups is 3. The first kappa shape index (κ1) is 17.9. The summed E-state index contributed by atoms with van der Waals surface area (Å²) in [5, 5.41) is 0. The number of benzene rings is 2. The first-order valence-electron chi connectivity index (χ1n) is 8.62. The second-order valence-corrected chi connectivity index (χ2v) is 6.55. The van der Waals surface area contributed by atoms with Crippen LogP contribution in [0.2, 0.25) is 0 Å². The summed E-state index contributed by atoms with van der Waals surface area (Å²) in [4.78, 5) is 38.6. The zero-order chi connectivity index (χ0) is 18.7. The maximum Gasteiger partial charge on any atom is 0.312 e. The zero-order valence-corrected chi connectivity index (χ0v) is 14.8. The molecule has 0 unspecified atom stereocenters. The molecule has 2 atom stereocenters. The molecule has 2 aromatic carbocycles. The Morgan fingerprint density at radius 2 is 1.73 bits per heavy atom.